The van der Waals surface area contributed by atoms with Crippen LogP contribution in [0.4, 0.5) is 0 Å². The van der Waals surface area contributed by atoms with Crippen LogP contribution in [0.1, 0.15) is 34.5 Å². The molecule has 0 aliphatic rings. The Hall–Kier alpha value is -1.39. The van der Waals surface area contributed by atoms with E-state index in [1.807, 2.05) is 6.07 Å². The maximum absolute atomic E-state index is 11.5. The minimum Gasteiger partial charge on any atom is -0.465 e. The first-order chi connectivity index (χ1) is 8.13. The van der Waals surface area contributed by atoms with Gasteiger partial charge in [-0.2, -0.15) is 0 Å². The van der Waals surface area contributed by atoms with Gasteiger partial charge in [0.1, 0.15) is 0 Å². The van der Waals surface area contributed by atoms with Crippen LogP contribution in [0.25, 0.3) is 0 Å². The molecule has 94 valence electrons. The lowest BCUT2D eigenvalue weighted by Crippen LogP contribution is -2.18. The Morgan fingerprint density at radius 2 is 2.12 bits per heavy atom. The lowest BCUT2D eigenvalue weighted by Gasteiger charge is -2.16. The summed E-state index contributed by atoms with van der Waals surface area (Å²) in [5, 5.41) is 0. The predicted molar refractivity (Wildman–Crippen MR) is 66.0 cm³/mol. The van der Waals surface area contributed by atoms with Gasteiger partial charge in [0, 0.05) is 7.11 Å². The molecule has 1 rings (SSSR count). The second kappa shape index (κ2) is 6.37. The monoisotopic (exact) mass is 237 g/mol. The number of hydrogen-bond donors (Lipinski definition) is 1. The molecular formula is C13H19NO3. The minimum absolute atomic E-state index is 0.223. The molecule has 0 fully saturated rings. The summed E-state index contributed by atoms with van der Waals surface area (Å²) in [6, 6.07) is 5.23. The fourth-order valence-electron chi connectivity index (χ4n) is 1.78. The molecule has 0 saturated carbocycles. The Morgan fingerprint density at radius 1 is 1.41 bits per heavy atom. The number of ether oxygens (including phenoxy) is 2. The quantitative estimate of drug-likeness (QED) is 0.791. The Balaban J connectivity index is 3.10. The van der Waals surface area contributed by atoms with E-state index >= 15 is 0 Å². The molecule has 0 saturated heterocycles. The average molecular weight is 237 g/mol. The van der Waals surface area contributed by atoms with Crippen molar-refractivity contribution in [1.29, 1.82) is 0 Å². The highest BCUT2D eigenvalue weighted by atomic mass is 16.5. The first-order valence-electron chi connectivity index (χ1n) is 5.59. The normalized spacial score (nSPS) is 12.2. The van der Waals surface area contributed by atoms with E-state index in [2.05, 4.69) is 6.92 Å². The largest absolute Gasteiger partial charge is 0.465 e. The summed E-state index contributed by atoms with van der Waals surface area (Å²) in [7, 11) is 2.97. The summed E-state index contributed by atoms with van der Waals surface area (Å²) < 4.78 is 9.74. The van der Waals surface area contributed by atoms with Crippen LogP contribution >= 0.6 is 0 Å². The van der Waals surface area contributed by atoms with Gasteiger partial charge in [-0.3, -0.25) is 0 Å². The molecular weight excluding hydrogens is 218 g/mol. The average Bonchev–Trinajstić information content (AvgIpc) is 2.37. The fraction of sp³-hybridized carbons (Fsp3) is 0.462. The van der Waals surface area contributed by atoms with Gasteiger partial charge in [0.2, 0.25) is 0 Å². The summed E-state index contributed by atoms with van der Waals surface area (Å²) in [4.78, 5) is 11.5. The zero-order valence-corrected chi connectivity index (χ0v) is 10.5. The molecule has 0 spiro atoms. The topological polar surface area (TPSA) is 61.5 Å². The van der Waals surface area contributed by atoms with Gasteiger partial charge in [0.25, 0.3) is 0 Å². The van der Waals surface area contributed by atoms with E-state index in [0.717, 1.165) is 17.5 Å². The van der Waals surface area contributed by atoms with Gasteiger partial charge in [-0.1, -0.05) is 13.0 Å². The van der Waals surface area contributed by atoms with Crippen LogP contribution in [0.15, 0.2) is 18.2 Å². The third-order valence-corrected chi connectivity index (χ3v) is 2.69. The van der Waals surface area contributed by atoms with Crippen molar-refractivity contribution in [2.24, 2.45) is 5.73 Å². The van der Waals surface area contributed by atoms with Gasteiger partial charge in [-0.15, -0.1) is 0 Å². The molecule has 4 heteroatoms. The van der Waals surface area contributed by atoms with Gasteiger partial charge in [-0.05, 0) is 29.7 Å². The minimum atomic E-state index is -0.349. The predicted octanol–water partition coefficient (Wildman–Crippen LogP) is 1.68. The van der Waals surface area contributed by atoms with Crippen LogP contribution in [0.3, 0.4) is 0 Å². The van der Waals surface area contributed by atoms with Crippen LogP contribution < -0.4 is 5.73 Å². The van der Waals surface area contributed by atoms with E-state index in [1.54, 1.807) is 19.2 Å². The van der Waals surface area contributed by atoms with E-state index in [4.69, 9.17) is 15.2 Å². The van der Waals surface area contributed by atoms with Crippen molar-refractivity contribution >= 4 is 5.97 Å². The lowest BCUT2D eigenvalue weighted by molar-refractivity contribution is 0.0600. The number of benzene rings is 1. The molecule has 17 heavy (non-hydrogen) atoms. The van der Waals surface area contributed by atoms with Crippen molar-refractivity contribution in [1.82, 2.24) is 0 Å². The summed E-state index contributed by atoms with van der Waals surface area (Å²) >= 11 is 0. The Kier molecular flexibility index (Phi) is 5.12. The van der Waals surface area contributed by atoms with E-state index in [9.17, 15) is 4.79 Å². The van der Waals surface area contributed by atoms with Crippen LogP contribution in [-0.4, -0.2) is 26.8 Å². The number of carbonyl (C=O) groups is 1. The number of aryl methyl sites for hydroxylation is 1. The number of hydrogen-bond acceptors (Lipinski definition) is 4. The second-order valence-electron chi connectivity index (χ2n) is 3.82. The highest BCUT2D eigenvalue weighted by Gasteiger charge is 2.14. The molecule has 0 aromatic heterocycles. The standard InChI is InChI=1S/C13H19NO3/c1-4-9-5-6-10(13(15)17-3)7-11(9)12(14)8-16-2/h5-7,12H,4,8,14H2,1-3H3. The van der Waals surface area contributed by atoms with Gasteiger partial charge in [0.05, 0.1) is 25.3 Å². The maximum atomic E-state index is 11.5. The number of nitrogens with two attached hydrogens (primary N) is 1. The first kappa shape index (κ1) is 13.7. The van der Waals surface area contributed by atoms with Gasteiger partial charge in [0.15, 0.2) is 0 Å². The first-order valence-corrected chi connectivity index (χ1v) is 5.59. The smallest absolute Gasteiger partial charge is 0.337 e. The highest BCUT2D eigenvalue weighted by molar-refractivity contribution is 5.89. The van der Waals surface area contributed by atoms with Gasteiger partial charge >= 0.3 is 5.97 Å². The number of rotatable bonds is 5. The summed E-state index contributed by atoms with van der Waals surface area (Å²) in [5.41, 5.74) is 8.60. The van der Waals surface area contributed by atoms with Crippen molar-refractivity contribution in [2.45, 2.75) is 19.4 Å². The zero-order chi connectivity index (χ0) is 12.8. The number of carbonyl (C=O) groups excluding carboxylic acids is 1. The molecule has 0 amide bonds. The molecule has 0 radical (unpaired) electrons. The molecule has 1 unspecified atom stereocenters. The molecule has 2 N–H and O–H groups in total. The van der Waals surface area contributed by atoms with Crippen molar-refractivity contribution in [2.75, 3.05) is 20.8 Å². The Morgan fingerprint density at radius 3 is 2.65 bits per heavy atom. The summed E-state index contributed by atoms with van der Waals surface area (Å²) in [5.74, 6) is -0.349. The third-order valence-electron chi connectivity index (χ3n) is 2.69. The van der Waals surface area contributed by atoms with Gasteiger partial charge < -0.3 is 15.2 Å². The van der Waals surface area contributed by atoms with E-state index in [1.165, 1.54) is 7.11 Å². The van der Waals surface area contributed by atoms with Crippen LogP contribution in [0, 0.1) is 0 Å². The van der Waals surface area contributed by atoms with Crippen LogP contribution in [0.2, 0.25) is 0 Å². The highest BCUT2D eigenvalue weighted by Crippen LogP contribution is 2.20. The van der Waals surface area contributed by atoms with Crippen molar-refractivity contribution in [3.63, 3.8) is 0 Å². The molecule has 1 aromatic rings. The van der Waals surface area contributed by atoms with Gasteiger partial charge in [-0.25, -0.2) is 4.79 Å². The third kappa shape index (κ3) is 3.28. The van der Waals surface area contributed by atoms with E-state index < -0.39 is 0 Å². The molecule has 4 nitrogen and oxygen atoms in total. The Labute approximate surface area is 102 Å². The summed E-state index contributed by atoms with van der Waals surface area (Å²) in [6.45, 7) is 2.48. The maximum Gasteiger partial charge on any atom is 0.337 e. The van der Waals surface area contributed by atoms with Crippen LogP contribution in [0.5, 0.6) is 0 Å². The SMILES string of the molecule is CCc1ccc(C(=O)OC)cc1C(N)COC. The molecule has 1 aromatic carbocycles. The number of methoxy groups -OCH3 is 2. The zero-order valence-electron chi connectivity index (χ0n) is 10.5. The Bertz CT molecular complexity index is 390. The molecule has 1 atom stereocenters. The van der Waals surface area contributed by atoms with Crippen LogP contribution in [-0.2, 0) is 15.9 Å². The molecule has 0 bridgehead atoms. The lowest BCUT2D eigenvalue weighted by atomic mass is 9.97. The molecule has 0 aliphatic carbocycles. The number of esters is 1. The summed E-state index contributed by atoms with van der Waals surface area (Å²) in [6.07, 6.45) is 0.869. The fourth-order valence-corrected chi connectivity index (χ4v) is 1.78. The second-order valence-corrected chi connectivity index (χ2v) is 3.82. The van der Waals surface area contributed by atoms with E-state index in [0.29, 0.717) is 12.2 Å². The van der Waals surface area contributed by atoms with Crippen molar-refractivity contribution < 1.29 is 14.3 Å². The van der Waals surface area contributed by atoms with Crippen molar-refractivity contribution in [3.05, 3.63) is 34.9 Å². The molecule has 0 aliphatic heterocycles. The van der Waals surface area contributed by atoms with Crippen molar-refractivity contribution in [3.8, 4) is 0 Å². The molecule has 0 heterocycles. The van der Waals surface area contributed by atoms with E-state index in [-0.39, 0.29) is 12.0 Å².